The van der Waals surface area contributed by atoms with Crippen LogP contribution in [0.2, 0.25) is 0 Å². The van der Waals surface area contributed by atoms with E-state index in [1.165, 1.54) is 103 Å². The number of rotatable bonds is 37. The van der Waals surface area contributed by atoms with Crippen molar-refractivity contribution in [2.24, 2.45) is 0 Å². The van der Waals surface area contributed by atoms with Gasteiger partial charge >= 0.3 is 0 Å². The molecule has 8 rings (SSSR count). The van der Waals surface area contributed by atoms with E-state index in [2.05, 4.69) is 277 Å². The molecule has 0 aromatic heterocycles. The fourth-order valence-corrected chi connectivity index (χ4v) is 11.1. The molecule has 0 spiro atoms. The molecule has 506 valence electrons. The minimum Gasteiger partial charge on any atom is -0.496 e. The molecule has 96 heavy (non-hydrogen) atoms. The summed E-state index contributed by atoms with van der Waals surface area (Å²) in [7, 11) is 3.43. The third kappa shape index (κ3) is 28.5. The van der Waals surface area contributed by atoms with Crippen molar-refractivity contribution in [2.75, 3.05) is 40.6 Å². The first-order chi connectivity index (χ1) is 47.1. The Morgan fingerprint density at radius 2 is 0.583 bits per heavy atom. The summed E-state index contributed by atoms with van der Waals surface area (Å²) in [6.45, 7) is 19.7. The first-order valence-electron chi connectivity index (χ1n) is 35.4. The lowest BCUT2D eigenvalue weighted by atomic mass is 10.1. The highest BCUT2D eigenvalue weighted by Crippen LogP contribution is 2.34. The molecule has 0 aliphatic carbocycles. The maximum atomic E-state index is 6.31. The summed E-state index contributed by atoms with van der Waals surface area (Å²) < 4.78 is 35.9. The predicted octanol–water partition coefficient (Wildman–Crippen LogP) is 25.1. The van der Waals surface area contributed by atoms with Crippen molar-refractivity contribution in [1.29, 1.82) is 0 Å². The number of methoxy groups -OCH3 is 2. The van der Waals surface area contributed by atoms with Crippen LogP contribution in [0.1, 0.15) is 202 Å². The number of hydrogen-bond acceptors (Lipinski definition) is 6. The van der Waals surface area contributed by atoms with E-state index in [-0.39, 0.29) is 0 Å². The predicted molar refractivity (Wildman–Crippen MR) is 415 cm³/mol. The molecule has 0 unspecified atom stereocenters. The summed E-state index contributed by atoms with van der Waals surface area (Å²) in [6.07, 6.45) is 44.4. The number of unbranched alkanes of at least 4 members (excludes halogenated alkanes) is 10. The van der Waals surface area contributed by atoms with Crippen molar-refractivity contribution >= 4 is 54.7 Å². The lowest BCUT2D eigenvalue weighted by Gasteiger charge is -2.15. The van der Waals surface area contributed by atoms with Crippen LogP contribution in [-0.4, -0.2) is 40.6 Å². The van der Waals surface area contributed by atoms with E-state index in [1.54, 1.807) is 14.2 Å². The Bertz CT molecular complexity index is 3660. The Balaban J connectivity index is 0.000000231. The summed E-state index contributed by atoms with van der Waals surface area (Å²) >= 11 is 0. The molecule has 0 amide bonds. The van der Waals surface area contributed by atoms with Gasteiger partial charge in [-0.1, -0.05) is 272 Å². The van der Waals surface area contributed by atoms with Gasteiger partial charge < -0.3 is 28.4 Å². The minimum absolute atomic E-state index is 0.670. The van der Waals surface area contributed by atoms with Crippen LogP contribution in [0.5, 0.6) is 34.5 Å². The second kappa shape index (κ2) is 45.4. The number of aryl methyl sites for hydroxylation is 5. The molecule has 0 atom stereocenters. The summed E-state index contributed by atoms with van der Waals surface area (Å²) in [5.41, 5.74) is 16.2. The Morgan fingerprint density at radius 3 is 0.969 bits per heavy atom. The molecule has 0 fully saturated rings. The average molecular weight is 1290 g/mol. The first-order valence-corrected chi connectivity index (χ1v) is 35.4. The second-order valence-electron chi connectivity index (χ2n) is 24.5. The molecule has 0 radical (unpaired) electrons. The van der Waals surface area contributed by atoms with E-state index in [4.69, 9.17) is 28.4 Å². The highest BCUT2D eigenvalue weighted by Gasteiger charge is 2.12. The molecule has 0 aliphatic heterocycles. The summed E-state index contributed by atoms with van der Waals surface area (Å²) in [6, 6.07) is 59.2. The minimum atomic E-state index is 0.670. The molecule has 0 N–H and O–H groups in total. The van der Waals surface area contributed by atoms with Crippen molar-refractivity contribution in [2.45, 2.75) is 158 Å². The van der Waals surface area contributed by atoms with Crippen molar-refractivity contribution in [3.63, 3.8) is 0 Å². The van der Waals surface area contributed by atoms with E-state index in [1.807, 2.05) is 20.8 Å². The molecule has 8 aromatic rings. The van der Waals surface area contributed by atoms with E-state index in [0.29, 0.717) is 13.2 Å². The van der Waals surface area contributed by atoms with Gasteiger partial charge in [0.05, 0.1) is 40.6 Å². The van der Waals surface area contributed by atoms with Crippen LogP contribution in [0.15, 0.2) is 188 Å². The normalized spacial score (nSPS) is 11.4. The highest BCUT2D eigenvalue weighted by atomic mass is 16.5. The quantitative estimate of drug-likeness (QED) is 0.0286. The Morgan fingerprint density at radius 1 is 0.271 bits per heavy atom. The van der Waals surface area contributed by atoms with Crippen LogP contribution in [-0.2, 0) is 12.8 Å². The van der Waals surface area contributed by atoms with E-state index in [9.17, 15) is 0 Å². The standard InChI is InChI=1S/C36H38O2.2C27H36O2/c1-3-13-32-18-10-19-33(27-32)22-23-34-28-35(37-24-11-20-30-14-6-4-7-15-30)29(2)26-36(34)38-25-12-21-31-16-8-5-9-17-31;1-5-7-8-9-10-11-18-29-27-19-22(3)26(28-4)21-25(27)17-16-24-15-12-14-23(20-24)13-6-2;1-5-7-8-9-10-11-19-29-27-20-22(3)26(28-4)21-25(27)18-17-24-15-13-23(12-6-2)14-16-24/h3-10,13-19,22-23,26-28H,11-12,20-21,24-25H2,1-2H3;6,12-17,19-21H,5,7-11,18H2,1-4H3;6,12-18,20-21H,5,7-11,19H2,1-4H3. The molecule has 6 nitrogen and oxygen atoms in total. The SMILES string of the molecule is CC=Cc1ccc(C=Cc2cc(OC)c(C)cc2OCCCCCCCC)cc1.CC=Cc1cccc(C=Cc2cc(OC)c(C)cc2OCCCCCCCC)c1.CC=Cc1cccc(C=Cc2cc(OCCCc3ccccc3)c(C)cc2OCCCc2ccccc2)c1. The number of hydrogen-bond donors (Lipinski definition) is 0. The van der Waals surface area contributed by atoms with Crippen molar-refractivity contribution in [3.05, 3.63) is 266 Å². The lowest BCUT2D eigenvalue weighted by Crippen LogP contribution is -2.04. The number of ether oxygens (including phenoxy) is 6. The monoisotopic (exact) mass is 1290 g/mol. The zero-order chi connectivity index (χ0) is 68.2. The average Bonchev–Trinajstić information content (AvgIpc) is 1.01. The van der Waals surface area contributed by atoms with Crippen LogP contribution in [0.25, 0.3) is 54.7 Å². The molecular weight excluding hydrogens is 1180 g/mol. The molecule has 0 saturated carbocycles. The van der Waals surface area contributed by atoms with E-state index in [0.717, 1.165) is 125 Å². The van der Waals surface area contributed by atoms with Gasteiger partial charge in [-0.25, -0.2) is 0 Å². The molecular formula is C90H110O6. The van der Waals surface area contributed by atoms with Crippen LogP contribution in [0, 0.1) is 20.8 Å². The van der Waals surface area contributed by atoms with Gasteiger partial charge in [0.1, 0.15) is 34.5 Å². The van der Waals surface area contributed by atoms with Gasteiger partial charge in [0.25, 0.3) is 0 Å². The van der Waals surface area contributed by atoms with Gasteiger partial charge in [-0.05, 0) is 190 Å². The molecule has 0 heterocycles. The smallest absolute Gasteiger partial charge is 0.127 e. The molecule has 0 bridgehead atoms. The van der Waals surface area contributed by atoms with Crippen LogP contribution in [0.3, 0.4) is 0 Å². The maximum absolute atomic E-state index is 6.31. The summed E-state index contributed by atoms with van der Waals surface area (Å²) in [5.74, 6) is 5.45. The second-order valence-corrected chi connectivity index (χ2v) is 24.5. The topological polar surface area (TPSA) is 55.4 Å². The maximum Gasteiger partial charge on any atom is 0.127 e. The van der Waals surface area contributed by atoms with Gasteiger partial charge in [0.2, 0.25) is 0 Å². The molecule has 0 aliphatic rings. The molecule has 0 saturated heterocycles. The van der Waals surface area contributed by atoms with Gasteiger partial charge in [-0.3, -0.25) is 0 Å². The summed E-state index contributed by atoms with van der Waals surface area (Å²) in [5, 5.41) is 0. The third-order valence-corrected chi connectivity index (χ3v) is 16.5. The van der Waals surface area contributed by atoms with E-state index < -0.39 is 0 Å². The number of allylic oxidation sites excluding steroid dienone is 3. The van der Waals surface area contributed by atoms with E-state index >= 15 is 0 Å². The van der Waals surface area contributed by atoms with Gasteiger partial charge in [0, 0.05) is 16.7 Å². The van der Waals surface area contributed by atoms with Crippen molar-refractivity contribution < 1.29 is 28.4 Å². The largest absolute Gasteiger partial charge is 0.496 e. The molecule has 8 aromatic carbocycles. The van der Waals surface area contributed by atoms with Crippen LogP contribution in [0.4, 0.5) is 0 Å². The Labute approximate surface area is 579 Å². The zero-order valence-corrected chi connectivity index (χ0v) is 59.7. The highest BCUT2D eigenvalue weighted by molar-refractivity contribution is 5.77. The van der Waals surface area contributed by atoms with Crippen molar-refractivity contribution in [3.8, 4) is 34.5 Å². The van der Waals surface area contributed by atoms with Gasteiger partial charge in [-0.15, -0.1) is 0 Å². The number of benzene rings is 8. The van der Waals surface area contributed by atoms with Crippen LogP contribution < -0.4 is 28.4 Å². The van der Waals surface area contributed by atoms with Gasteiger partial charge in [0.15, 0.2) is 0 Å². The summed E-state index contributed by atoms with van der Waals surface area (Å²) in [4.78, 5) is 0. The van der Waals surface area contributed by atoms with Crippen LogP contribution >= 0.6 is 0 Å². The zero-order valence-electron chi connectivity index (χ0n) is 59.7. The molecule has 6 heteroatoms. The third-order valence-electron chi connectivity index (χ3n) is 16.5. The van der Waals surface area contributed by atoms with Crippen molar-refractivity contribution in [1.82, 2.24) is 0 Å². The Hall–Kier alpha value is -9.00. The van der Waals surface area contributed by atoms with Gasteiger partial charge in [-0.2, -0.15) is 0 Å². The Kier molecular flexibility index (Phi) is 35.9. The lowest BCUT2D eigenvalue weighted by molar-refractivity contribution is 0.300. The first kappa shape index (κ1) is 76.0. The fourth-order valence-electron chi connectivity index (χ4n) is 11.1. The fraction of sp³-hybridized carbons (Fsp3) is 0.333.